The van der Waals surface area contributed by atoms with Gasteiger partial charge in [0.15, 0.2) is 0 Å². The van der Waals surface area contributed by atoms with Crippen LogP contribution in [0.25, 0.3) is 0 Å². The van der Waals surface area contributed by atoms with E-state index in [1.54, 1.807) is 7.11 Å². The van der Waals surface area contributed by atoms with Gasteiger partial charge in [0.1, 0.15) is 6.04 Å². The fourth-order valence-electron chi connectivity index (χ4n) is 0.330. The van der Waals surface area contributed by atoms with Gasteiger partial charge in [-0.05, 0) is 0 Å². The maximum atomic E-state index is 10.1. The van der Waals surface area contributed by atoms with E-state index in [0.717, 1.165) is 0 Å². The van der Waals surface area contributed by atoms with Crippen molar-refractivity contribution >= 4 is 17.7 Å². The summed E-state index contributed by atoms with van der Waals surface area (Å²) in [6, 6.07) is -0.778. The smallest absolute Gasteiger partial charge is 0.321 e. The Balaban J connectivity index is 3.21. The summed E-state index contributed by atoms with van der Waals surface area (Å²) in [6.07, 6.45) is 0. The third-order valence-corrected chi connectivity index (χ3v) is 1.81. The molecule has 0 amide bonds. The van der Waals surface area contributed by atoms with Gasteiger partial charge in [0.25, 0.3) is 0 Å². The van der Waals surface area contributed by atoms with Crippen LogP contribution < -0.4 is 5.73 Å². The lowest BCUT2D eigenvalue weighted by molar-refractivity contribution is -0.137. The van der Waals surface area contributed by atoms with E-state index in [9.17, 15) is 4.79 Å². The van der Waals surface area contributed by atoms with Gasteiger partial charge in [-0.15, -0.1) is 11.8 Å². The van der Waals surface area contributed by atoms with E-state index in [1.165, 1.54) is 11.8 Å². The highest BCUT2D eigenvalue weighted by Crippen LogP contribution is 2.00. The molecule has 0 heterocycles. The van der Waals surface area contributed by atoms with Gasteiger partial charge in [0.2, 0.25) is 0 Å². The topological polar surface area (TPSA) is 72.5 Å². The Kier molecular flexibility index (Phi) is 5.38. The molecule has 5 heteroatoms. The van der Waals surface area contributed by atoms with Crippen molar-refractivity contribution in [1.29, 1.82) is 0 Å². The van der Waals surface area contributed by atoms with Crippen LogP contribution in [-0.2, 0) is 9.53 Å². The van der Waals surface area contributed by atoms with Crippen molar-refractivity contribution in [1.82, 2.24) is 0 Å². The van der Waals surface area contributed by atoms with Gasteiger partial charge in [-0.2, -0.15) is 0 Å². The first-order valence-electron chi connectivity index (χ1n) is 2.73. The van der Waals surface area contributed by atoms with E-state index in [-0.39, 0.29) is 0 Å². The number of thioether (sulfide) groups is 1. The van der Waals surface area contributed by atoms with Gasteiger partial charge < -0.3 is 15.6 Å². The first-order valence-corrected chi connectivity index (χ1v) is 3.89. The average molecular weight is 165 g/mol. The van der Waals surface area contributed by atoms with Gasteiger partial charge >= 0.3 is 5.97 Å². The molecule has 0 saturated heterocycles. The van der Waals surface area contributed by atoms with Gasteiger partial charge in [-0.25, -0.2) is 0 Å². The molecule has 0 aliphatic heterocycles. The van der Waals surface area contributed by atoms with Crippen LogP contribution in [0.2, 0.25) is 0 Å². The van der Waals surface area contributed by atoms with Crippen molar-refractivity contribution in [3.8, 4) is 0 Å². The molecule has 10 heavy (non-hydrogen) atoms. The Bertz CT molecular complexity index is 109. The Morgan fingerprint density at radius 3 is 2.90 bits per heavy atom. The van der Waals surface area contributed by atoms with Crippen LogP contribution in [0, 0.1) is 0 Å². The maximum Gasteiger partial charge on any atom is 0.321 e. The minimum atomic E-state index is -0.969. The highest BCUT2D eigenvalue weighted by Gasteiger charge is 2.09. The molecule has 3 N–H and O–H groups in total. The van der Waals surface area contributed by atoms with Crippen LogP contribution in [0.15, 0.2) is 0 Å². The molecular formula is C5H11NO3S. The van der Waals surface area contributed by atoms with Gasteiger partial charge in [0.05, 0.1) is 5.94 Å². The minimum absolute atomic E-state index is 0.392. The standard InChI is InChI=1S/C5H11NO3S/c1-9-3-10-2-4(6)5(7)8/h4H,2-3,6H2,1H3,(H,7,8). The number of aliphatic carboxylic acids is 1. The number of nitrogens with two attached hydrogens (primary N) is 1. The van der Waals surface area contributed by atoms with Crippen molar-refractivity contribution in [2.75, 3.05) is 18.8 Å². The summed E-state index contributed by atoms with van der Waals surface area (Å²) in [4.78, 5) is 10.1. The van der Waals surface area contributed by atoms with Crippen molar-refractivity contribution in [3.63, 3.8) is 0 Å². The molecule has 0 rings (SSSR count). The minimum Gasteiger partial charge on any atom is -0.480 e. The Morgan fingerprint density at radius 2 is 2.50 bits per heavy atom. The molecule has 0 saturated carbocycles. The second-order valence-corrected chi connectivity index (χ2v) is 2.70. The highest BCUT2D eigenvalue weighted by atomic mass is 32.2. The molecule has 4 nitrogen and oxygen atoms in total. The summed E-state index contributed by atoms with van der Waals surface area (Å²) in [7, 11) is 1.55. The molecule has 0 aromatic carbocycles. The quantitative estimate of drug-likeness (QED) is 0.433. The van der Waals surface area contributed by atoms with E-state index in [1.807, 2.05) is 0 Å². The van der Waals surface area contributed by atoms with E-state index < -0.39 is 12.0 Å². The first kappa shape index (κ1) is 9.74. The maximum absolute atomic E-state index is 10.1. The Hall–Kier alpha value is -0.260. The number of rotatable bonds is 5. The average Bonchev–Trinajstić information content (AvgIpc) is 1.88. The number of carbonyl (C=O) groups is 1. The molecule has 0 aliphatic carbocycles. The van der Waals surface area contributed by atoms with Crippen molar-refractivity contribution in [3.05, 3.63) is 0 Å². The normalized spacial score (nSPS) is 13.0. The zero-order valence-corrected chi connectivity index (χ0v) is 6.56. The second kappa shape index (κ2) is 5.52. The summed E-state index contributed by atoms with van der Waals surface area (Å²) >= 11 is 1.36. The Labute approximate surface area is 63.7 Å². The fraction of sp³-hybridized carbons (Fsp3) is 0.800. The van der Waals surface area contributed by atoms with Crippen LogP contribution in [-0.4, -0.2) is 35.9 Å². The van der Waals surface area contributed by atoms with Gasteiger partial charge in [-0.1, -0.05) is 0 Å². The summed E-state index contributed by atoms with van der Waals surface area (Å²) in [5.74, 6) is -0.0898. The van der Waals surface area contributed by atoms with E-state index in [0.29, 0.717) is 11.7 Å². The van der Waals surface area contributed by atoms with Crippen LogP contribution >= 0.6 is 11.8 Å². The molecule has 0 fully saturated rings. The SMILES string of the molecule is COCSCC(N)C(=O)O. The van der Waals surface area contributed by atoms with Gasteiger partial charge in [-0.3, -0.25) is 4.79 Å². The molecule has 0 spiro atoms. The summed E-state index contributed by atoms with van der Waals surface area (Å²) < 4.78 is 4.69. The fourth-order valence-corrected chi connectivity index (χ4v) is 0.989. The summed E-state index contributed by atoms with van der Waals surface area (Å²) in [6.45, 7) is 0. The number of carboxylic acid groups (broad SMARTS) is 1. The molecule has 0 radical (unpaired) electrons. The molecule has 0 aromatic rings. The van der Waals surface area contributed by atoms with Crippen LogP contribution in [0.3, 0.4) is 0 Å². The van der Waals surface area contributed by atoms with Crippen molar-refractivity contribution in [2.24, 2.45) is 5.73 Å². The zero-order chi connectivity index (χ0) is 7.98. The molecular weight excluding hydrogens is 154 g/mol. The van der Waals surface area contributed by atoms with E-state index >= 15 is 0 Å². The number of carboxylic acids is 1. The van der Waals surface area contributed by atoms with Gasteiger partial charge in [0, 0.05) is 12.9 Å². The lowest BCUT2D eigenvalue weighted by Crippen LogP contribution is -2.32. The lowest BCUT2D eigenvalue weighted by atomic mass is 10.4. The van der Waals surface area contributed by atoms with Crippen LogP contribution in [0.5, 0.6) is 0 Å². The molecule has 1 unspecified atom stereocenters. The molecule has 1 atom stereocenters. The molecule has 60 valence electrons. The predicted molar refractivity (Wildman–Crippen MR) is 39.9 cm³/mol. The number of methoxy groups -OCH3 is 1. The largest absolute Gasteiger partial charge is 0.480 e. The summed E-state index contributed by atoms with van der Waals surface area (Å²) in [5.41, 5.74) is 5.18. The zero-order valence-electron chi connectivity index (χ0n) is 5.74. The van der Waals surface area contributed by atoms with Crippen LogP contribution in [0.4, 0.5) is 0 Å². The number of ether oxygens (including phenoxy) is 1. The highest BCUT2D eigenvalue weighted by molar-refractivity contribution is 7.99. The second-order valence-electron chi connectivity index (χ2n) is 1.72. The third kappa shape index (κ3) is 4.60. The predicted octanol–water partition coefficient (Wildman–Crippen LogP) is -0.265. The third-order valence-electron chi connectivity index (χ3n) is 0.816. The van der Waals surface area contributed by atoms with E-state index in [4.69, 9.17) is 10.8 Å². The van der Waals surface area contributed by atoms with Crippen LogP contribution in [0.1, 0.15) is 0 Å². The lowest BCUT2D eigenvalue weighted by Gasteiger charge is -2.03. The van der Waals surface area contributed by atoms with Crippen molar-refractivity contribution < 1.29 is 14.6 Å². The summed E-state index contributed by atoms with van der Waals surface area (Å²) in [5, 5.41) is 8.30. The number of hydrogen-bond acceptors (Lipinski definition) is 4. The van der Waals surface area contributed by atoms with E-state index in [2.05, 4.69) is 4.74 Å². The molecule has 0 aliphatic rings. The first-order chi connectivity index (χ1) is 4.68. The van der Waals surface area contributed by atoms with Crippen molar-refractivity contribution in [2.45, 2.75) is 6.04 Å². The molecule has 0 bridgehead atoms. The Morgan fingerprint density at radius 1 is 1.90 bits per heavy atom. The number of hydrogen-bond donors (Lipinski definition) is 2. The monoisotopic (exact) mass is 165 g/mol. The molecule has 0 aromatic heterocycles.